The summed E-state index contributed by atoms with van der Waals surface area (Å²) in [5.74, 6) is 0.610. The van der Waals surface area contributed by atoms with Crippen LogP contribution < -0.4 is 5.73 Å². The van der Waals surface area contributed by atoms with Crippen molar-refractivity contribution in [1.29, 1.82) is 0 Å². The number of halogens is 1. The Balaban J connectivity index is 1.89. The maximum atomic E-state index is 13.4. The first kappa shape index (κ1) is 19.1. The number of nitrogens with two attached hydrogens (primary N) is 1. The van der Waals surface area contributed by atoms with Crippen LogP contribution in [0.15, 0.2) is 42.6 Å². The van der Waals surface area contributed by atoms with Crippen molar-refractivity contribution in [1.82, 2.24) is 24.3 Å². The van der Waals surface area contributed by atoms with E-state index in [-0.39, 0.29) is 11.9 Å². The molecule has 0 amide bonds. The Morgan fingerprint density at radius 3 is 2.38 bits per heavy atom. The molecule has 0 bridgehead atoms. The summed E-state index contributed by atoms with van der Waals surface area (Å²) in [5, 5.41) is 4.78. The lowest BCUT2D eigenvalue weighted by Crippen LogP contribution is -2.08. The highest BCUT2D eigenvalue weighted by Gasteiger charge is 2.18. The van der Waals surface area contributed by atoms with E-state index in [2.05, 4.69) is 32.7 Å². The number of nitrogen functional groups attached to an aromatic ring is 1. The van der Waals surface area contributed by atoms with Crippen LogP contribution in [0.5, 0.6) is 0 Å². The van der Waals surface area contributed by atoms with Crippen LogP contribution in [-0.4, -0.2) is 24.3 Å². The summed E-state index contributed by atoms with van der Waals surface area (Å²) in [4.78, 5) is 9.30. The van der Waals surface area contributed by atoms with Crippen molar-refractivity contribution in [2.75, 3.05) is 5.73 Å². The van der Waals surface area contributed by atoms with Crippen LogP contribution in [0.3, 0.4) is 0 Å². The first-order valence-corrected chi connectivity index (χ1v) is 9.81. The number of benzene rings is 1. The summed E-state index contributed by atoms with van der Waals surface area (Å²) < 4.78 is 17.3. The zero-order valence-corrected chi connectivity index (χ0v) is 17.1. The second-order valence-electron chi connectivity index (χ2n) is 7.99. The van der Waals surface area contributed by atoms with Gasteiger partial charge in [0.15, 0.2) is 5.65 Å². The molecule has 0 radical (unpaired) electrons. The van der Waals surface area contributed by atoms with Gasteiger partial charge in [-0.2, -0.15) is 5.10 Å². The molecule has 0 aliphatic carbocycles. The third kappa shape index (κ3) is 3.60. The Labute approximate surface area is 169 Å². The fourth-order valence-corrected chi connectivity index (χ4v) is 3.38. The van der Waals surface area contributed by atoms with Gasteiger partial charge in [0, 0.05) is 24.3 Å². The topological polar surface area (TPSA) is 74.6 Å². The van der Waals surface area contributed by atoms with Gasteiger partial charge in [-0.25, -0.2) is 14.4 Å². The quantitative estimate of drug-likeness (QED) is 0.523. The molecule has 4 aromatic rings. The fourth-order valence-electron chi connectivity index (χ4n) is 3.38. The Kier molecular flexibility index (Phi) is 4.82. The van der Waals surface area contributed by atoms with Gasteiger partial charge in [-0.15, -0.1) is 0 Å². The number of anilines is 1. The molecule has 29 heavy (non-hydrogen) atoms. The molecule has 0 fully saturated rings. The highest BCUT2D eigenvalue weighted by atomic mass is 19.1. The highest BCUT2D eigenvalue weighted by Crippen LogP contribution is 2.32. The maximum Gasteiger partial charge on any atom is 0.202 e. The van der Waals surface area contributed by atoms with Crippen molar-refractivity contribution in [3.8, 4) is 22.5 Å². The number of rotatable bonds is 5. The normalized spacial score (nSPS) is 11.8. The van der Waals surface area contributed by atoms with Gasteiger partial charge in [-0.1, -0.05) is 26.0 Å². The number of hydrogen-bond acceptors (Lipinski definition) is 4. The molecule has 150 valence electrons. The number of hydrogen-bond donors (Lipinski definition) is 1. The molecule has 7 heteroatoms. The van der Waals surface area contributed by atoms with Crippen LogP contribution in [0.2, 0.25) is 0 Å². The van der Waals surface area contributed by atoms with Crippen molar-refractivity contribution in [2.45, 2.75) is 40.3 Å². The summed E-state index contributed by atoms with van der Waals surface area (Å²) in [6, 6.07) is 10.5. The zero-order chi connectivity index (χ0) is 20.7. The van der Waals surface area contributed by atoms with E-state index in [4.69, 9.17) is 15.8 Å². The highest BCUT2D eigenvalue weighted by molar-refractivity contribution is 5.83. The summed E-state index contributed by atoms with van der Waals surface area (Å²) in [5.41, 5.74) is 10.9. The van der Waals surface area contributed by atoms with Crippen LogP contribution in [0.4, 0.5) is 10.3 Å². The lowest BCUT2D eigenvalue weighted by Gasteiger charge is -2.09. The van der Waals surface area contributed by atoms with Gasteiger partial charge >= 0.3 is 0 Å². The van der Waals surface area contributed by atoms with Gasteiger partial charge in [0.2, 0.25) is 5.95 Å². The van der Waals surface area contributed by atoms with E-state index in [1.54, 1.807) is 12.1 Å². The molecule has 0 aliphatic rings. The SMILES string of the molecule is CC(C)Cn1c(N)nc2ccc(-c3nn(C(C)C)cc3-c3ccc(F)cc3)nc21. The summed E-state index contributed by atoms with van der Waals surface area (Å²) >= 11 is 0. The van der Waals surface area contributed by atoms with Crippen molar-refractivity contribution in [2.24, 2.45) is 5.92 Å². The van der Waals surface area contributed by atoms with E-state index < -0.39 is 0 Å². The Morgan fingerprint density at radius 1 is 1.00 bits per heavy atom. The molecule has 6 nitrogen and oxygen atoms in total. The van der Waals surface area contributed by atoms with Crippen molar-refractivity contribution in [3.63, 3.8) is 0 Å². The van der Waals surface area contributed by atoms with Crippen LogP contribution >= 0.6 is 0 Å². The number of pyridine rings is 1. The van der Waals surface area contributed by atoms with Crippen molar-refractivity contribution < 1.29 is 4.39 Å². The molecule has 0 atom stereocenters. The third-order valence-electron chi connectivity index (χ3n) is 4.83. The average Bonchev–Trinajstić information content (AvgIpc) is 3.24. The minimum absolute atomic E-state index is 0.189. The van der Waals surface area contributed by atoms with Crippen LogP contribution in [0.25, 0.3) is 33.7 Å². The number of nitrogens with zero attached hydrogens (tertiary/aromatic N) is 5. The minimum Gasteiger partial charge on any atom is -0.369 e. The van der Waals surface area contributed by atoms with Gasteiger partial charge < -0.3 is 5.73 Å². The largest absolute Gasteiger partial charge is 0.369 e. The van der Waals surface area contributed by atoms with Gasteiger partial charge in [0.25, 0.3) is 0 Å². The molecule has 0 saturated carbocycles. The number of imidazole rings is 1. The number of aromatic nitrogens is 5. The van der Waals surface area contributed by atoms with Gasteiger partial charge in [-0.3, -0.25) is 9.25 Å². The molecule has 3 aromatic heterocycles. The summed E-state index contributed by atoms with van der Waals surface area (Å²) in [6.07, 6.45) is 1.99. The number of fused-ring (bicyclic) bond motifs is 1. The van der Waals surface area contributed by atoms with E-state index in [0.717, 1.165) is 40.2 Å². The standard InChI is InChI=1S/C22H25FN6/c1-13(2)11-28-21-19(26-22(28)24)10-9-18(25-21)20-17(12-29(27-20)14(3)4)15-5-7-16(23)8-6-15/h5-10,12-14H,11H2,1-4H3,(H2,24,26). The molecule has 4 rings (SSSR count). The Hall–Kier alpha value is -3.22. The van der Waals surface area contributed by atoms with Crippen LogP contribution in [0.1, 0.15) is 33.7 Å². The monoisotopic (exact) mass is 392 g/mol. The van der Waals surface area contributed by atoms with E-state index >= 15 is 0 Å². The van der Waals surface area contributed by atoms with Crippen molar-refractivity contribution in [3.05, 3.63) is 48.4 Å². The second-order valence-corrected chi connectivity index (χ2v) is 7.99. The second kappa shape index (κ2) is 7.31. The summed E-state index contributed by atoms with van der Waals surface area (Å²) in [6.45, 7) is 9.14. The predicted molar refractivity (Wildman–Crippen MR) is 114 cm³/mol. The lowest BCUT2D eigenvalue weighted by atomic mass is 10.0. The predicted octanol–water partition coefficient (Wildman–Crippen LogP) is 4.92. The van der Waals surface area contributed by atoms with E-state index in [1.165, 1.54) is 12.1 Å². The van der Waals surface area contributed by atoms with Gasteiger partial charge in [0.1, 0.15) is 17.0 Å². The van der Waals surface area contributed by atoms with E-state index in [1.807, 2.05) is 27.6 Å². The molecular weight excluding hydrogens is 367 g/mol. The molecule has 3 heterocycles. The van der Waals surface area contributed by atoms with Crippen LogP contribution in [-0.2, 0) is 6.54 Å². The molecule has 0 spiro atoms. The third-order valence-corrected chi connectivity index (χ3v) is 4.83. The maximum absolute atomic E-state index is 13.4. The van der Waals surface area contributed by atoms with Crippen molar-refractivity contribution >= 4 is 17.1 Å². The Morgan fingerprint density at radius 2 is 1.72 bits per heavy atom. The minimum atomic E-state index is -0.265. The van der Waals surface area contributed by atoms with Crippen LogP contribution in [0, 0.1) is 11.7 Å². The molecule has 0 unspecified atom stereocenters. The Bertz CT molecular complexity index is 1150. The smallest absolute Gasteiger partial charge is 0.202 e. The average molecular weight is 392 g/mol. The summed E-state index contributed by atoms with van der Waals surface area (Å²) in [7, 11) is 0. The van der Waals surface area contributed by atoms with Gasteiger partial charge in [-0.05, 0) is 49.6 Å². The van der Waals surface area contributed by atoms with Gasteiger partial charge in [0.05, 0.1) is 5.69 Å². The fraction of sp³-hybridized carbons (Fsp3) is 0.318. The zero-order valence-electron chi connectivity index (χ0n) is 17.1. The molecule has 2 N–H and O–H groups in total. The first-order valence-electron chi connectivity index (χ1n) is 9.81. The molecular formula is C22H25FN6. The van der Waals surface area contributed by atoms with E-state index in [0.29, 0.717) is 11.9 Å². The molecule has 1 aromatic carbocycles. The molecule has 0 aliphatic heterocycles. The van der Waals surface area contributed by atoms with E-state index in [9.17, 15) is 4.39 Å². The first-order chi connectivity index (χ1) is 13.8. The lowest BCUT2D eigenvalue weighted by molar-refractivity contribution is 0.533. The molecule has 0 saturated heterocycles.